The van der Waals surface area contributed by atoms with Gasteiger partial charge in [0.25, 0.3) is 0 Å². The van der Waals surface area contributed by atoms with Crippen LogP contribution >= 0.6 is 0 Å². The molecule has 2 heterocycles. The third-order valence-electron chi connectivity index (χ3n) is 9.21. The Kier molecular flexibility index (Phi) is 4.29. The second-order valence-corrected chi connectivity index (χ2v) is 14.1. The van der Waals surface area contributed by atoms with Crippen molar-refractivity contribution < 1.29 is 13.2 Å². The van der Waals surface area contributed by atoms with Gasteiger partial charge < -0.3 is 4.74 Å². The molecule has 2 aromatic rings. The fourth-order valence-corrected chi connectivity index (χ4v) is 9.47. The molecule has 0 amide bonds. The van der Waals surface area contributed by atoms with Crippen LogP contribution in [0.25, 0.3) is 5.65 Å². The van der Waals surface area contributed by atoms with Crippen molar-refractivity contribution >= 4 is 15.5 Å². The SMILES string of the molecule is O=S(=O)(Cc1nnc2cc(OCC34CC5CC(CC(C5)C3)C4)c(C3CC3)cn12)C1CCC1. The molecule has 7 heteroatoms. The van der Waals surface area contributed by atoms with Crippen molar-refractivity contribution in [1.29, 1.82) is 0 Å². The molecule has 0 saturated heterocycles. The first-order chi connectivity index (χ1) is 15.5. The first-order valence-electron chi connectivity index (χ1n) is 12.7. The molecule has 32 heavy (non-hydrogen) atoms. The van der Waals surface area contributed by atoms with Crippen molar-refractivity contribution in [2.75, 3.05) is 6.61 Å². The molecule has 0 unspecified atom stereocenters. The normalized spacial score (nSPS) is 34.2. The molecule has 0 spiro atoms. The lowest BCUT2D eigenvalue weighted by Gasteiger charge is -2.56. The Balaban J connectivity index is 1.16. The van der Waals surface area contributed by atoms with Gasteiger partial charge in [0, 0.05) is 23.2 Å². The average Bonchev–Trinajstić information content (AvgIpc) is 3.46. The third-order valence-corrected chi connectivity index (χ3v) is 11.4. The van der Waals surface area contributed by atoms with E-state index < -0.39 is 9.84 Å². The summed E-state index contributed by atoms with van der Waals surface area (Å²) in [6.07, 6.45) is 15.4. The van der Waals surface area contributed by atoms with Gasteiger partial charge in [-0.1, -0.05) is 6.42 Å². The van der Waals surface area contributed by atoms with Gasteiger partial charge in [0.05, 0.1) is 11.9 Å². The van der Waals surface area contributed by atoms with Crippen LogP contribution in [0.15, 0.2) is 12.3 Å². The highest BCUT2D eigenvalue weighted by Crippen LogP contribution is 2.60. The topological polar surface area (TPSA) is 73.6 Å². The molecule has 6 saturated carbocycles. The lowest BCUT2D eigenvalue weighted by molar-refractivity contribution is -0.0746. The summed E-state index contributed by atoms with van der Waals surface area (Å²) in [5.74, 6) is 4.77. The van der Waals surface area contributed by atoms with E-state index in [1.54, 1.807) is 0 Å². The summed E-state index contributed by atoms with van der Waals surface area (Å²) in [6, 6.07) is 2.01. The Bertz CT molecular complexity index is 1130. The van der Waals surface area contributed by atoms with Crippen molar-refractivity contribution in [1.82, 2.24) is 14.6 Å². The van der Waals surface area contributed by atoms with Crippen molar-refractivity contribution in [2.24, 2.45) is 23.2 Å². The van der Waals surface area contributed by atoms with Gasteiger partial charge in [0.15, 0.2) is 21.3 Å². The minimum atomic E-state index is -3.16. The van der Waals surface area contributed by atoms with Crippen molar-refractivity contribution in [3.8, 4) is 5.75 Å². The summed E-state index contributed by atoms with van der Waals surface area (Å²) in [6.45, 7) is 0.823. The molecule has 4 bridgehead atoms. The monoisotopic (exact) mass is 455 g/mol. The maximum absolute atomic E-state index is 12.7. The van der Waals surface area contributed by atoms with Gasteiger partial charge in [-0.3, -0.25) is 4.40 Å². The minimum Gasteiger partial charge on any atom is -0.493 e. The van der Waals surface area contributed by atoms with Crippen LogP contribution in [0.1, 0.15) is 87.9 Å². The van der Waals surface area contributed by atoms with Crippen LogP contribution in [0, 0.1) is 23.2 Å². The number of sulfone groups is 1. The number of ether oxygens (including phenoxy) is 1. The number of hydrogen-bond donors (Lipinski definition) is 0. The van der Waals surface area contributed by atoms with Crippen molar-refractivity contribution in [3.63, 3.8) is 0 Å². The van der Waals surface area contributed by atoms with E-state index in [4.69, 9.17) is 4.74 Å². The smallest absolute Gasteiger partial charge is 0.164 e. The largest absolute Gasteiger partial charge is 0.493 e. The Labute approximate surface area is 190 Å². The van der Waals surface area contributed by atoms with Crippen LogP contribution in [0.2, 0.25) is 0 Å². The van der Waals surface area contributed by atoms with E-state index in [0.29, 0.717) is 22.8 Å². The second-order valence-electron chi connectivity index (χ2n) is 11.8. The standard InChI is InChI=1S/C25H33N3O3S/c29-32(30,20-2-1-3-20)14-24-27-26-23-9-22(21(13-28(23)24)19-4-5-19)31-15-25-10-16-6-17(11-25)8-18(7-16)12-25/h9,13,16-20H,1-8,10-12,14-15H2. The summed E-state index contributed by atoms with van der Waals surface area (Å²) in [7, 11) is -3.16. The molecule has 6 aliphatic carbocycles. The number of nitrogens with zero attached hydrogens (tertiary/aromatic N) is 3. The zero-order valence-electron chi connectivity index (χ0n) is 18.7. The third kappa shape index (κ3) is 3.29. The number of hydrogen-bond acceptors (Lipinski definition) is 5. The van der Waals surface area contributed by atoms with Gasteiger partial charge >= 0.3 is 0 Å². The van der Waals surface area contributed by atoms with E-state index in [-0.39, 0.29) is 11.0 Å². The molecule has 2 aromatic heterocycles. The Hall–Kier alpha value is -1.63. The van der Waals surface area contributed by atoms with Crippen LogP contribution in [0.3, 0.4) is 0 Å². The summed E-state index contributed by atoms with van der Waals surface area (Å²) in [5, 5.41) is 8.41. The van der Waals surface area contributed by atoms with Gasteiger partial charge in [-0.2, -0.15) is 0 Å². The van der Waals surface area contributed by atoms with Gasteiger partial charge in [-0.05, 0) is 87.9 Å². The molecule has 6 fully saturated rings. The lowest BCUT2D eigenvalue weighted by Crippen LogP contribution is -2.48. The molecule has 6 nitrogen and oxygen atoms in total. The zero-order chi connectivity index (χ0) is 21.5. The van der Waals surface area contributed by atoms with Crippen LogP contribution in [-0.4, -0.2) is 34.9 Å². The van der Waals surface area contributed by atoms with Gasteiger partial charge in [-0.15, -0.1) is 10.2 Å². The van der Waals surface area contributed by atoms with Crippen LogP contribution in [-0.2, 0) is 15.6 Å². The van der Waals surface area contributed by atoms with Crippen molar-refractivity contribution in [3.05, 3.63) is 23.7 Å². The molecule has 6 aliphatic rings. The summed E-state index contributed by atoms with van der Waals surface area (Å²) < 4.78 is 34.0. The van der Waals surface area contributed by atoms with E-state index in [2.05, 4.69) is 16.4 Å². The van der Waals surface area contributed by atoms with Gasteiger partial charge in [-0.25, -0.2) is 8.42 Å². The maximum Gasteiger partial charge on any atom is 0.164 e. The highest BCUT2D eigenvalue weighted by molar-refractivity contribution is 7.91. The van der Waals surface area contributed by atoms with Crippen LogP contribution in [0.4, 0.5) is 0 Å². The zero-order valence-corrected chi connectivity index (χ0v) is 19.5. The molecular formula is C25H33N3O3S. The first-order valence-corrected chi connectivity index (χ1v) is 14.4. The molecule has 0 aliphatic heterocycles. The highest BCUT2D eigenvalue weighted by atomic mass is 32.2. The van der Waals surface area contributed by atoms with E-state index in [1.807, 2.05) is 10.5 Å². The number of fused-ring (bicyclic) bond motifs is 1. The summed E-state index contributed by atoms with van der Waals surface area (Å²) >= 11 is 0. The molecule has 8 rings (SSSR count). The van der Waals surface area contributed by atoms with E-state index in [0.717, 1.165) is 49.4 Å². The number of pyridine rings is 1. The summed E-state index contributed by atoms with van der Waals surface area (Å²) in [4.78, 5) is 0. The van der Waals surface area contributed by atoms with Gasteiger partial charge in [0.2, 0.25) is 0 Å². The molecule has 0 aromatic carbocycles. The van der Waals surface area contributed by atoms with Crippen LogP contribution < -0.4 is 4.74 Å². The first kappa shape index (κ1) is 19.8. The maximum atomic E-state index is 12.7. The Morgan fingerprint density at radius 2 is 1.69 bits per heavy atom. The molecular weight excluding hydrogens is 422 g/mol. The predicted octanol–water partition coefficient (Wildman–Crippen LogP) is 4.67. The average molecular weight is 456 g/mol. The fraction of sp³-hybridized carbons (Fsp3) is 0.760. The highest BCUT2D eigenvalue weighted by Gasteiger charge is 2.51. The van der Waals surface area contributed by atoms with Gasteiger partial charge in [0.1, 0.15) is 11.5 Å². The predicted molar refractivity (Wildman–Crippen MR) is 121 cm³/mol. The van der Waals surface area contributed by atoms with Crippen LogP contribution in [0.5, 0.6) is 5.75 Å². The lowest BCUT2D eigenvalue weighted by atomic mass is 9.50. The van der Waals surface area contributed by atoms with E-state index in [1.165, 1.54) is 56.9 Å². The molecule has 172 valence electrons. The number of rotatable bonds is 7. The van der Waals surface area contributed by atoms with Crippen molar-refractivity contribution in [2.45, 2.75) is 87.5 Å². The van der Waals surface area contributed by atoms with E-state index in [9.17, 15) is 8.42 Å². The molecule has 0 radical (unpaired) electrons. The Morgan fingerprint density at radius 3 is 2.28 bits per heavy atom. The molecule has 0 N–H and O–H groups in total. The minimum absolute atomic E-state index is 0.0174. The quantitative estimate of drug-likeness (QED) is 0.607. The number of aromatic nitrogens is 3. The summed E-state index contributed by atoms with van der Waals surface area (Å²) in [5.41, 5.74) is 2.29. The fourth-order valence-electron chi connectivity index (χ4n) is 7.63. The van der Waals surface area contributed by atoms with E-state index >= 15 is 0 Å². The second kappa shape index (κ2) is 6.94. The Morgan fingerprint density at radius 1 is 1.00 bits per heavy atom. The molecule has 0 atom stereocenters.